The van der Waals surface area contributed by atoms with E-state index in [0.717, 1.165) is 13.1 Å². The minimum Gasteiger partial charge on any atom is -0.315 e. The van der Waals surface area contributed by atoms with Crippen molar-refractivity contribution in [3.05, 3.63) is 16.6 Å². The summed E-state index contributed by atoms with van der Waals surface area (Å²) < 4.78 is 0. The Bertz CT molecular complexity index is 241. The number of aromatic nitrogens is 1. The molecule has 2 rings (SSSR count). The molecule has 1 aromatic rings. The van der Waals surface area contributed by atoms with E-state index in [2.05, 4.69) is 22.5 Å². The molecule has 1 aliphatic heterocycles. The van der Waals surface area contributed by atoms with Crippen LogP contribution in [0.1, 0.15) is 24.4 Å². The first-order valence-electron chi connectivity index (χ1n) is 4.72. The van der Waals surface area contributed by atoms with E-state index in [0.29, 0.717) is 12.1 Å². The summed E-state index contributed by atoms with van der Waals surface area (Å²) in [7, 11) is 0. The largest absolute Gasteiger partial charge is 0.315 e. The summed E-state index contributed by atoms with van der Waals surface area (Å²) >= 11 is 1.72. The standard InChI is InChI=1S/C9H15N3S/c1-7(9-11-4-5-13-9)12-8-2-3-10-6-8/h4-5,7-8,10,12H,2-3,6H2,1H3. The zero-order chi connectivity index (χ0) is 9.10. The molecule has 0 aromatic carbocycles. The van der Waals surface area contributed by atoms with E-state index in [4.69, 9.17) is 0 Å². The van der Waals surface area contributed by atoms with Crippen molar-refractivity contribution >= 4 is 11.3 Å². The molecule has 2 heterocycles. The first-order valence-corrected chi connectivity index (χ1v) is 5.60. The van der Waals surface area contributed by atoms with Crippen LogP contribution in [0.25, 0.3) is 0 Å². The highest BCUT2D eigenvalue weighted by Gasteiger charge is 2.17. The van der Waals surface area contributed by atoms with Crippen LogP contribution in [0.4, 0.5) is 0 Å². The highest BCUT2D eigenvalue weighted by molar-refractivity contribution is 7.09. The third-order valence-electron chi connectivity index (χ3n) is 2.37. The molecule has 1 aliphatic rings. The van der Waals surface area contributed by atoms with Crippen LogP contribution in [0.15, 0.2) is 11.6 Å². The van der Waals surface area contributed by atoms with Gasteiger partial charge < -0.3 is 10.6 Å². The molecule has 0 radical (unpaired) electrons. The van der Waals surface area contributed by atoms with Gasteiger partial charge in [-0.25, -0.2) is 4.98 Å². The summed E-state index contributed by atoms with van der Waals surface area (Å²) in [5.41, 5.74) is 0. The predicted molar refractivity (Wildman–Crippen MR) is 54.9 cm³/mol. The van der Waals surface area contributed by atoms with E-state index < -0.39 is 0 Å². The second kappa shape index (κ2) is 4.17. The molecule has 0 saturated carbocycles. The van der Waals surface area contributed by atoms with Gasteiger partial charge in [0.25, 0.3) is 0 Å². The molecule has 13 heavy (non-hydrogen) atoms. The lowest BCUT2D eigenvalue weighted by molar-refractivity contribution is 0.477. The smallest absolute Gasteiger partial charge is 0.109 e. The molecule has 2 atom stereocenters. The highest BCUT2D eigenvalue weighted by Crippen LogP contribution is 2.16. The van der Waals surface area contributed by atoms with Crippen LogP contribution in [0.2, 0.25) is 0 Å². The van der Waals surface area contributed by atoms with E-state index in [9.17, 15) is 0 Å². The van der Waals surface area contributed by atoms with Crippen LogP contribution >= 0.6 is 11.3 Å². The van der Waals surface area contributed by atoms with Crippen molar-refractivity contribution in [1.82, 2.24) is 15.6 Å². The van der Waals surface area contributed by atoms with Crippen LogP contribution in [0, 0.1) is 0 Å². The minimum absolute atomic E-state index is 0.393. The van der Waals surface area contributed by atoms with E-state index in [-0.39, 0.29) is 0 Å². The van der Waals surface area contributed by atoms with Gasteiger partial charge in [-0.3, -0.25) is 0 Å². The second-order valence-electron chi connectivity index (χ2n) is 3.45. The van der Waals surface area contributed by atoms with Crippen molar-refractivity contribution in [3.63, 3.8) is 0 Å². The Balaban J connectivity index is 1.87. The third-order valence-corrected chi connectivity index (χ3v) is 3.33. The summed E-state index contributed by atoms with van der Waals surface area (Å²) in [6.07, 6.45) is 3.10. The summed E-state index contributed by atoms with van der Waals surface area (Å²) in [6, 6.07) is 1.02. The van der Waals surface area contributed by atoms with Gasteiger partial charge in [0, 0.05) is 24.2 Å². The lowest BCUT2D eigenvalue weighted by Crippen LogP contribution is -2.33. The number of hydrogen-bond donors (Lipinski definition) is 2. The zero-order valence-electron chi connectivity index (χ0n) is 7.79. The lowest BCUT2D eigenvalue weighted by atomic mass is 10.2. The monoisotopic (exact) mass is 197 g/mol. The highest BCUT2D eigenvalue weighted by atomic mass is 32.1. The Labute approximate surface area is 82.6 Å². The first-order chi connectivity index (χ1) is 6.36. The maximum atomic E-state index is 4.29. The lowest BCUT2D eigenvalue weighted by Gasteiger charge is -2.16. The van der Waals surface area contributed by atoms with Gasteiger partial charge in [-0.05, 0) is 19.9 Å². The third kappa shape index (κ3) is 2.27. The van der Waals surface area contributed by atoms with Crippen LogP contribution in [0.3, 0.4) is 0 Å². The SMILES string of the molecule is CC(NC1CCNC1)c1nccs1. The predicted octanol–water partition coefficient (Wildman–Crippen LogP) is 1.16. The van der Waals surface area contributed by atoms with Crippen LogP contribution in [0.5, 0.6) is 0 Å². The molecule has 2 N–H and O–H groups in total. The molecule has 3 nitrogen and oxygen atoms in total. The van der Waals surface area contributed by atoms with E-state index in [1.165, 1.54) is 11.4 Å². The molecule has 0 spiro atoms. The van der Waals surface area contributed by atoms with Gasteiger partial charge in [-0.2, -0.15) is 0 Å². The van der Waals surface area contributed by atoms with E-state index in [1.54, 1.807) is 11.3 Å². The van der Waals surface area contributed by atoms with E-state index >= 15 is 0 Å². The normalized spacial score (nSPS) is 24.8. The number of hydrogen-bond acceptors (Lipinski definition) is 4. The molecular formula is C9H15N3S. The van der Waals surface area contributed by atoms with Crippen molar-refractivity contribution in [3.8, 4) is 0 Å². The first kappa shape index (κ1) is 9.12. The average molecular weight is 197 g/mol. The summed E-state index contributed by atoms with van der Waals surface area (Å²) in [4.78, 5) is 4.29. The zero-order valence-corrected chi connectivity index (χ0v) is 8.60. The molecule has 1 aromatic heterocycles. The number of rotatable bonds is 3. The number of thiazole rings is 1. The second-order valence-corrected chi connectivity index (χ2v) is 4.37. The molecule has 72 valence electrons. The molecule has 0 amide bonds. The maximum Gasteiger partial charge on any atom is 0.109 e. The van der Waals surface area contributed by atoms with Gasteiger partial charge in [0.15, 0.2) is 0 Å². The number of nitrogens with one attached hydrogen (secondary N) is 2. The Morgan fingerprint density at radius 1 is 1.77 bits per heavy atom. The van der Waals surface area contributed by atoms with Gasteiger partial charge in [0.2, 0.25) is 0 Å². The van der Waals surface area contributed by atoms with Crippen molar-refractivity contribution in [2.24, 2.45) is 0 Å². The molecule has 4 heteroatoms. The minimum atomic E-state index is 0.393. The fourth-order valence-electron chi connectivity index (χ4n) is 1.67. The molecule has 0 aliphatic carbocycles. The molecule has 1 fully saturated rings. The maximum absolute atomic E-state index is 4.29. The molecule has 2 unspecified atom stereocenters. The Morgan fingerprint density at radius 2 is 2.69 bits per heavy atom. The Kier molecular flexibility index (Phi) is 2.93. The van der Waals surface area contributed by atoms with Gasteiger partial charge in [-0.15, -0.1) is 11.3 Å². The topological polar surface area (TPSA) is 37.0 Å². The number of nitrogens with zero attached hydrogens (tertiary/aromatic N) is 1. The van der Waals surface area contributed by atoms with Crippen LogP contribution < -0.4 is 10.6 Å². The van der Waals surface area contributed by atoms with Gasteiger partial charge in [0.1, 0.15) is 5.01 Å². The van der Waals surface area contributed by atoms with Gasteiger partial charge in [-0.1, -0.05) is 0 Å². The Hall–Kier alpha value is -0.450. The van der Waals surface area contributed by atoms with Crippen molar-refractivity contribution in [2.45, 2.75) is 25.4 Å². The summed E-state index contributed by atoms with van der Waals surface area (Å²) in [5, 5.41) is 10.1. The van der Waals surface area contributed by atoms with Crippen LogP contribution in [-0.2, 0) is 0 Å². The van der Waals surface area contributed by atoms with Crippen molar-refractivity contribution in [1.29, 1.82) is 0 Å². The Morgan fingerprint density at radius 3 is 3.31 bits per heavy atom. The fourth-order valence-corrected chi connectivity index (χ4v) is 2.33. The quantitative estimate of drug-likeness (QED) is 0.763. The molecule has 1 saturated heterocycles. The fraction of sp³-hybridized carbons (Fsp3) is 0.667. The summed E-state index contributed by atoms with van der Waals surface area (Å²) in [6.45, 7) is 4.41. The molecular weight excluding hydrogens is 182 g/mol. The van der Waals surface area contributed by atoms with Crippen molar-refractivity contribution in [2.75, 3.05) is 13.1 Å². The van der Waals surface area contributed by atoms with Gasteiger partial charge >= 0.3 is 0 Å². The average Bonchev–Trinajstić information content (AvgIpc) is 2.74. The van der Waals surface area contributed by atoms with E-state index in [1.807, 2.05) is 11.6 Å². The summed E-state index contributed by atoms with van der Waals surface area (Å²) in [5.74, 6) is 0. The van der Waals surface area contributed by atoms with Crippen LogP contribution in [-0.4, -0.2) is 24.1 Å². The van der Waals surface area contributed by atoms with Crippen molar-refractivity contribution < 1.29 is 0 Å². The molecule has 0 bridgehead atoms. The van der Waals surface area contributed by atoms with Gasteiger partial charge in [0.05, 0.1) is 6.04 Å².